The third kappa shape index (κ3) is 5.31. The van der Waals surface area contributed by atoms with Crippen LogP contribution < -0.4 is 4.90 Å². The van der Waals surface area contributed by atoms with Crippen molar-refractivity contribution in [1.29, 1.82) is 0 Å². The molecule has 1 aliphatic heterocycles. The fourth-order valence-electron chi connectivity index (χ4n) is 3.55. The minimum atomic E-state index is 0.296. The number of aromatic nitrogens is 1. The molecule has 0 N–H and O–H groups in total. The summed E-state index contributed by atoms with van der Waals surface area (Å²) in [7, 11) is 0. The van der Waals surface area contributed by atoms with Gasteiger partial charge in [0.05, 0.1) is 10.2 Å². The van der Waals surface area contributed by atoms with Gasteiger partial charge in [-0.3, -0.25) is 4.79 Å². The number of carbonyl (C=O) groups excluding carboxylic acids is 1. The first kappa shape index (κ1) is 20.2. The maximum atomic E-state index is 12.5. The largest absolute Gasteiger partial charge is 0.345 e. The zero-order valence-electron chi connectivity index (χ0n) is 16.8. The molecule has 1 aromatic heterocycles. The van der Waals surface area contributed by atoms with Gasteiger partial charge in [-0.1, -0.05) is 47.7 Å². The molecule has 0 atom stereocenters. The average Bonchev–Trinajstić information content (AvgIpc) is 3.17. The Morgan fingerprint density at radius 2 is 1.90 bits per heavy atom. The Bertz CT molecular complexity index is 949. The van der Waals surface area contributed by atoms with Crippen molar-refractivity contribution >= 4 is 44.4 Å². The van der Waals surface area contributed by atoms with Gasteiger partial charge in [0.25, 0.3) is 0 Å². The minimum Gasteiger partial charge on any atom is -0.345 e. The number of hydrogen-bond acceptors (Lipinski definition) is 5. The summed E-state index contributed by atoms with van der Waals surface area (Å²) in [5, 5.41) is 1.08. The van der Waals surface area contributed by atoms with Crippen molar-refractivity contribution in [2.45, 2.75) is 25.5 Å². The van der Waals surface area contributed by atoms with E-state index in [1.165, 1.54) is 15.8 Å². The predicted molar refractivity (Wildman–Crippen MR) is 125 cm³/mol. The van der Waals surface area contributed by atoms with Crippen molar-refractivity contribution in [2.75, 3.05) is 36.8 Å². The molecule has 2 heterocycles. The highest BCUT2D eigenvalue weighted by atomic mass is 32.2. The number of amides is 1. The van der Waals surface area contributed by atoms with Crippen LogP contribution in [0.4, 0.5) is 5.13 Å². The van der Waals surface area contributed by atoms with Gasteiger partial charge in [0.1, 0.15) is 0 Å². The van der Waals surface area contributed by atoms with E-state index in [-0.39, 0.29) is 0 Å². The van der Waals surface area contributed by atoms with Gasteiger partial charge < -0.3 is 9.80 Å². The summed E-state index contributed by atoms with van der Waals surface area (Å²) in [5.74, 6) is 2.35. The maximum Gasteiger partial charge on any atom is 0.222 e. The van der Waals surface area contributed by atoms with Crippen LogP contribution in [0.1, 0.15) is 24.0 Å². The van der Waals surface area contributed by atoms with Crippen molar-refractivity contribution in [3.63, 3.8) is 0 Å². The summed E-state index contributed by atoms with van der Waals surface area (Å²) in [6.45, 7) is 5.44. The Morgan fingerprint density at radius 1 is 1.10 bits per heavy atom. The quantitative estimate of drug-likeness (QED) is 0.501. The van der Waals surface area contributed by atoms with Gasteiger partial charge in [-0.2, -0.15) is 11.8 Å². The second-order valence-corrected chi connectivity index (χ2v) is 9.59. The number of rotatable bonds is 7. The molecule has 2 aromatic carbocycles. The number of hydrogen-bond donors (Lipinski definition) is 0. The van der Waals surface area contributed by atoms with Crippen molar-refractivity contribution < 1.29 is 4.79 Å². The Morgan fingerprint density at radius 3 is 2.69 bits per heavy atom. The van der Waals surface area contributed by atoms with E-state index in [4.69, 9.17) is 4.98 Å². The second-order valence-electron chi connectivity index (χ2n) is 7.48. The number of anilines is 1. The van der Waals surface area contributed by atoms with E-state index >= 15 is 0 Å². The van der Waals surface area contributed by atoms with Crippen LogP contribution in [0.25, 0.3) is 10.2 Å². The molecule has 1 fully saturated rings. The van der Waals surface area contributed by atoms with Crippen LogP contribution in [0.15, 0.2) is 48.5 Å². The van der Waals surface area contributed by atoms with E-state index in [1.807, 2.05) is 22.7 Å². The molecule has 0 radical (unpaired) electrons. The van der Waals surface area contributed by atoms with Crippen molar-refractivity contribution in [3.8, 4) is 0 Å². The third-order valence-corrected chi connectivity index (χ3v) is 7.42. The zero-order chi connectivity index (χ0) is 20.1. The monoisotopic (exact) mass is 425 g/mol. The molecule has 0 saturated carbocycles. The molecule has 1 amide bonds. The topological polar surface area (TPSA) is 36.4 Å². The summed E-state index contributed by atoms with van der Waals surface area (Å²) < 4.78 is 1.24. The lowest BCUT2D eigenvalue weighted by Gasteiger charge is -2.34. The van der Waals surface area contributed by atoms with Crippen LogP contribution in [0.3, 0.4) is 0 Å². The Labute approximate surface area is 180 Å². The number of thioether (sulfide) groups is 1. The number of piperazine rings is 1. The minimum absolute atomic E-state index is 0.296. The lowest BCUT2D eigenvalue weighted by Crippen LogP contribution is -2.48. The van der Waals surface area contributed by atoms with E-state index in [1.54, 1.807) is 11.3 Å². The van der Waals surface area contributed by atoms with Gasteiger partial charge >= 0.3 is 0 Å². The normalized spacial score (nSPS) is 14.5. The molecule has 1 aliphatic rings. The number of carbonyl (C=O) groups is 1. The first-order chi connectivity index (χ1) is 14.2. The highest BCUT2D eigenvalue weighted by Crippen LogP contribution is 2.30. The lowest BCUT2D eigenvalue weighted by molar-refractivity contribution is -0.131. The fraction of sp³-hybridized carbons (Fsp3) is 0.391. The average molecular weight is 426 g/mol. The molecule has 0 aliphatic carbocycles. The second kappa shape index (κ2) is 9.63. The molecule has 6 heteroatoms. The molecular formula is C23H27N3OS2. The molecule has 152 valence electrons. The third-order valence-electron chi connectivity index (χ3n) is 5.23. The number of thiazole rings is 1. The molecular weight excluding hydrogens is 398 g/mol. The summed E-state index contributed by atoms with van der Waals surface area (Å²) in [6, 6.07) is 16.9. The first-order valence-corrected chi connectivity index (χ1v) is 12.2. The van der Waals surface area contributed by atoms with Crippen LogP contribution >= 0.6 is 23.1 Å². The summed E-state index contributed by atoms with van der Waals surface area (Å²) in [6.07, 6.45) is 1.61. The summed E-state index contributed by atoms with van der Waals surface area (Å²) >= 11 is 3.66. The summed E-state index contributed by atoms with van der Waals surface area (Å²) in [4.78, 5) is 21.7. The first-order valence-electron chi connectivity index (χ1n) is 10.2. The SMILES string of the molecule is Cc1ccc2nc(N3CCN(C(=O)CCCSCc4ccccc4)CC3)sc2c1. The van der Waals surface area contributed by atoms with Crippen LogP contribution in [-0.4, -0.2) is 47.7 Å². The van der Waals surface area contributed by atoms with Crippen LogP contribution in [0, 0.1) is 6.92 Å². The number of nitrogens with zero attached hydrogens (tertiary/aromatic N) is 3. The van der Waals surface area contributed by atoms with Crippen molar-refractivity contribution in [3.05, 3.63) is 59.7 Å². The molecule has 1 saturated heterocycles. The molecule has 0 bridgehead atoms. The fourth-order valence-corrected chi connectivity index (χ4v) is 5.59. The van der Waals surface area contributed by atoms with E-state index in [0.29, 0.717) is 12.3 Å². The van der Waals surface area contributed by atoms with Crippen molar-refractivity contribution in [1.82, 2.24) is 9.88 Å². The maximum absolute atomic E-state index is 12.5. The van der Waals surface area contributed by atoms with Gasteiger partial charge in [0.2, 0.25) is 5.91 Å². The highest BCUT2D eigenvalue weighted by molar-refractivity contribution is 7.98. The van der Waals surface area contributed by atoms with E-state index in [2.05, 4.69) is 54.3 Å². The van der Waals surface area contributed by atoms with E-state index < -0.39 is 0 Å². The lowest BCUT2D eigenvalue weighted by atomic mass is 10.2. The number of aryl methyl sites for hydroxylation is 1. The zero-order valence-corrected chi connectivity index (χ0v) is 18.5. The molecule has 3 aromatic rings. The van der Waals surface area contributed by atoms with E-state index in [9.17, 15) is 4.79 Å². The molecule has 0 spiro atoms. The Balaban J connectivity index is 1.19. The van der Waals surface area contributed by atoms with Gasteiger partial charge in [-0.25, -0.2) is 4.98 Å². The molecule has 29 heavy (non-hydrogen) atoms. The Kier molecular flexibility index (Phi) is 6.72. The number of benzene rings is 2. The van der Waals surface area contributed by atoms with Gasteiger partial charge in [-0.05, 0) is 42.4 Å². The van der Waals surface area contributed by atoms with E-state index in [0.717, 1.165) is 54.8 Å². The Hall–Kier alpha value is -2.05. The van der Waals surface area contributed by atoms with Crippen LogP contribution in [-0.2, 0) is 10.5 Å². The number of fused-ring (bicyclic) bond motifs is 1. The van der Waals surface area contributed by atoms with Gasteiger partial charge in [0.15, 0.2) is 5.13 Å². The van der Waals surface area contributed by atoms with Crippen LogP contribution in [0.2, 0.25) is 0 Å². The standard InChI is InChI=1S/C23H27N3OS2/c1-18-9-10-20-21(16-18)29-23(24-20)26-13-11-25(12-14-26)22(27)8-5-15-28-17-19-6-3-2-4-7-19/h2-4,6-7,9-10,16H,5,8,11-15,17H2,1H3. The van der Waals surface area contributed by atoms with Crippen LogP contribution in [0.5, 0.6) is 0 Å². The smallest absolute Gasteiger partial charge is 0.222 e. The molecule has 0 unspecified atom stereocenters. The molecule has 4 rings (SSSR count). The van der Waals surface area contributed by atoms with Gasteiger partial charge in [-0.15, -0.1) is 0 Å². The summed E-state index contributed by atoms with van der Waals surface area (Å²) in [5.41, 5.74) is 3.69. The van der Waals surface area contributed by atoms with Crippen molar-refractivity contribution in [2.24, 2.45) is 0 Å². The molecule has 4 nitrogen and oxygen atoms in total. The predicted octanol–water partition coefficient (Wildman–Crippen LogP) is 4.97. The van der Waals surface area contributed by atoms with Gasteiger partial charge in [0, 0.05) is 38.4 Å². The highest BCUT2D eigenvalue weighted by Gasteiger charge is 2.22.